The van der Waals surface area contributed by atoms with E-state index in [0.29, 0.717) is 22.2 Å². The summed E-state index contributed by atoms with van der Waals surface area (Å²) in [5, 5.41) is 0. The van der Waals surface area contributed by atoms with Gasteiger partial charge in [0, 0.05) is 5.57 Å². The van der Waals surface area contributed by atoms with E-state index in [2.05, 4.69) is 19.7 Å². The number of ether oxygens (including phenoxy) is 1. The molecule has 0 fully saturated rings. The molecule has 0 amide bonds. The van der Waals surface area contributed by atoms with E-state index >= 15 is 0 Å². The van der Waals surface area contributed by atoms with Crippen LogP contribution in [0.25, 0.3) is 0 Å². The summed E-state index contributed by atoms with van der Waals surface area (Å²) in [6.07, 6.45) is 0.128. The van der Waals surface area contributed by atoms with Crippen LogP contribution in [0.3, 0.4) is 0 Å². The van der Waals surface area contributed by atoms with Gasteiger partial charge in [-0.2, -0.15) is 0 Å². The number of carbonyl (C=O) groups is 1. The van der Waals surface area contributed by atoms with E-state index in [1.165, 1.54) is 0 Å². The average molecular weight is 373 g/mol. The molecule has 1 unspecified atom stereocenters. The second-order valence-corrected chi connectivity index (χ2v) is 16.0. The highest BCUT2D eigenvalue weighted by Crippen LogP contribution is 2.29. The van der Waals surface area contributed by atoms with Crippen molar-refractivity contribution in [3.05, 3.63) is 36.7 Å². The van der Waals surface area contributed by atoms with Crippen LogP contribution in [0.1, 0.15) is 20.3 Å². The Kier molecular flexibility index (Phi) is 8.12. The Morgan fingerprint density at radius 2 is 1.57 bits per heavy atom. The van der Waals surface area contributed by atoms with Gasteiger partial charge < -0.3 is 13.6 Å². The van der Waals surface area contributed by atoms with Gasteiger partial charge in [0.15, 0.2) is 5.41 Å². The second kappa shape index (κ2) is 8.39. The monoisotopic (exact) mass is 372 g/mol. The molecule has 4 nitrogen and oxygen atoms in total. The molecule has 0 spiro atoms. The minimum atomic E-state index is -2.13. The van der Waals surface area contributed by atoms with Gasteiger partial charge in [0.25, 0.3) is 0 Å². The Balaban J connectivity index is 5.69. The van der Waals surface area contributed by atoms with Gasteiger partial charge in [-0.25, -0.2) is 4.79 Å². The van der Waals surface area contributed by atoms with Gasteiger partial charge in [0.2, 0.25) is 16.6 Å². The molecule has 0 saturated heterocycles. The van der Waals surface area contributed by atoms with Crippen LogP contribution in [0.15, 0.2) is 36.7 Å². The first-order valence-electron chi connectivity index (χ1n) is 7.86. The SMILES string of the molecule is C=C[Si](C)(C)OC([SiH3])(O[Si](C)(C)C=C)C(CC)OC(=O)C(=C)C. The molecular weight excluding hydrogens is 340 g/mol. The topological polar surface area (TPSA) is 44.8 Å². The molecule has 0 rings (SSSR count). The maximum absolute atomic E-state index is 12.0. The Labute approximate surface area is 146 Å². The van der Waals surface area contributed by atoms with Crippen molar-refractivity contribution >= 4 is 32.8 Å². The van der Waals surface area contributed by atoms with E-state index in [1.807, 2.05) is 44.5 Å². The lowest BCUT2D eigenvalue weighted by atomic mass is 10.2. The van der Waals surface area contributed by atoms with Crippen molar-refractivity contribution in [2.75, 3.05) is 0 Å². The van der Waals surface area contributed by atoms with Crippen LogP contribution in [0, 0.1) is 0 Å². The Hall–Kier alpha value is -0.739. The lowest BCUT2D eigenvalue weighted by Gasteiger charge is -2.44. The first kappa shape index (κ1) is 22.3. The fraction of sp³-hybridized carbons (Fsp3) is 0.562. The van der Waals surface area contributed by atoms with E-state index in [1.54, 1.807) is 6.92 Å². The molecule has 0 aliphatic rings. The van der Waals surface area contributed by atoms with Crippen LogP contribution in [-0.2, 0) is 18.4 Å². The highest BCUT2D eigenvalue weighted by molar-refractivity contribution is 6.77. The van der Waals surface area contributed by atoms with Crippen molar-refractivity contribution in [1.29, 1.82) is 0 Å². The number of carbonyl (C=O) groups excluding carboxylic acids is 1. The van der Waals surface area contributed by atoms with Gasteiger partial charge in [0.1, 0.15) is 6.10 Å². The summed E-state index contributed by atoms with van der Waals surface area (Å²) in [4.78, 5) is 12.0. The molecule has 0 aromatic heterocycles. The Morgan fingerprint density at radius 3 is 1.83 bits per heavy atom. The van der Waals surface area contributed by atoms with Crippen LogP contribution in [0.2, 0.25) is 26.2 Å². The first-order valence-corrected chi connectivity index (χ1v) is 14.8. The number of hydrogen-bond donors (Lipinski definition) is 0. The quantitative estimate of drug-likeness (QED) is 0.256. The van der Waals surface area contributed by atoms with Gasteiger partial charge in [-0.1, -0.05) is 24.9 Å². The summed E-state index contributed by atoms with van der Waals surface area (Å²) in [6.45, 7) is 23.2. The fourth-order valence-electron chi connectivity index (χ4n) is 2.07. The molecule has 0 aliphatic heterocycles. The predicted octanol–water partition coefficient (Wildman–Crippen LogP) is 2.80. The molecule has 0 bridgehead atoms. The maximum Gasteiger partial charge on any atom is 0.333 e. The lowest BCUT2D eigenvalue weighted by Crippen LogP contribution is -2.59. The van der Waals surface area contributed by atoms with Crippen molar-refractivity contribution in [3.8, 4) is 0 Å². The van der Waals surface area contributed by atoms with E-state index in [9.17, 15) is 4.79 Å². The maximum atomic E-state index is 12.0. The third-order valence-electron chi connectivity index (χ3n) is 3.47. The smallest absolute Gasteiger partial charge is 0.333 e. The van der Waals surface area contributed by atoms with Gasteiger partial charge in [-0.15, -0.1) is 13.2 Å². The van der Waals surface area contributed by atoms with Crippen molar-refractivity contribution in [2.45, 2.75) is 58.0 Å². The lowest BCUT2D eigenvalue weighted by molar-refractivity contribution is -0.176. The van der Waals surface area contributed by atoms with E-state index in [0.717, 1.165) is 0 Å². The molecule has 7 heteroatoms. The molecule has 0 aromatic rings. The largest absolute Gasteiger partial charge is 0.454 e. The van der Waals surface area contributed by atoms with Crippen molar-refractivity contribution in [1.82, 2.24) is 0 Å². The third kappa shape index (κ3) is 7.13. The normalized spacial score (nSPS) is 14.2. The highest BCUT2D eigenvalue weighted by atomic mass is 28.4. The van der Waals surface area contributed by atoms with Crippen molar-refractivity contribution in [2.24, 2.45) is 0 Å². The van der Waals surface area contributed by atoms with Crippen LogP contribution in [0.5, 0.6) is 0 Å². The molecule has 0 aliphatic carbocycles. The van der Waals surface area contributed by atoms with Crippen LogP contribution < -0.4 is 0 Å². The minimum Gasteiger partial charge on any atom is -0.454 e. The second-order valence-electron chi connectivity index (χ2n) is 6.92. The van der Waals surface area contributed by atoms with Gasteiger partial charge in [0.05, 0.1) is 10.2 Å². The van der Waals surface area contributed by atoms with Gasteiger partial charge in [-0.05, 0) is 39.5 Å². The summed E-state index contributed by atoms with van der Waals surface area (Å²) in [5.74, 6) is -0.416. The zero-order valence-electron chi connectivity index (χ0n) is 15.7. The van der Waals surface area contributed by atoms with Gasteiger partial charge >= 0.3 is 5.97 Å². The molecule has 0 heterocycles. The molecule has 23 heavy (non-hydrogen) atoms. The van der Waals surface area contributed by atoms with E-state index < -0.39 is 34.1 Å². The standard InChI is InChI=1S/C16H32O4Si3/c1-10-14(18-15(17)13(4)5)16(21,19-22(6,7)11-2)20-23(8,9)12-3/h11-12,14H,2-4,10H2,1,5-9,21H3. The highest BCUT2D eigenvalue weighted by Gasteiger charge is 2.45. The Morgan fingerprint density at radius 1 is 1.17 bits per heavy atom. The number of hydrogen-bond acceptors (Lipinski definition) is 4. The average Bonchev–Trinajstić information content (AvgIpc) is 2.42. The molecule has 0 aromatic carbocycles. The number of esters is 1. The molecule has 1 atom stereocenters. The molecular formula is C16H32O4Si3. The molecule has 0 radical (unpaired) electrons. The van der Waals surface area contributed by atoms with Crippen molar-refractivity contribution < 1.29 is 18.4 Å². The van der Waals surface area contributed by atoms with Crippen LogP contribution in [0.4, 0.5) is 0 Å². The summed E-state index contributed by atoms with van der Waals surface area (Å²) < 4.78 is 18.4. The summed E-state index contributed by atoms with van der Waals surface area (Å²) in [6, 6.07) is 0. The van der Waals surface area contributed by atoms with E-state index in [-0.39, 0.29) is 0 Å². The van der Waals surface area contributed by atoms with Crippen LogP contribution >= 0.6 is 0 Å². The van der Waals surface area contributed by atoms with Crippen LogP contribution in [-0.4, -0.2) is 44.4 Å². The van der Waals surface area contributed by atoms with Gasteiger partial charge in [-0.3, -0.25) is 0 Å². The zero-order chi connectivity index (χ0) is 18.5. The summed E-state index contributed by atoms with van der Waals surface area (Å²) in [7, 11) is -3.71. The Bertz CT molecular complexity index is 450. The fourth-order valence-corrected chi connectivity index (χ4v) is 8.44. The zero-order valence-corrected chi connectivity index (χ0v) is 19.7. The molecule has 0 N–H and O–H groups in total. The summed E-state index contributed by atoms with van der Waals surface area (Å²) in [5.41, 5.74) is 3.18. The number of rotatable bonds is 10. The molecule has 132 valence electrons. The predicted molar refractivity (Wildman–Crippen MR) is 105 cm³/mol. The first-order chi connectivity index (χ1) is 10.3. The van der Waals surface area contributed by atoms with Crippen molar-refractivity contribution in [3.63, 3.8) is 0 Å². The summed E-state index contributed by atoms with van der Waals surface area (Å²) >= 11 is 0. The third-order valence-corrected chi connectivity index (χ3v) is 9.17. The molecule has 0 saturated carbocycles. The minimum absolute atomic E-state index is 0.368. The van der Waals surface area contributed by atoms with E-state index in [4.69, 9.17) is 13.6 Å².